The quantitative estimate of drug-likeness (QED) is 0.704. The zero-order valence-electron chi connectivity index (χ0n) is 9.12. The van der Waals surface area contributed by atoms with Gasteiger partial charge in [0.1, 0.15) is 0 Å². The molecule has 0 radical (unpaired) electrons. The summed E-state index contributed by atoms with van der Waals surface area (Å²) >= 11 is 0. The predicted octanol–water partition coefficient (Wildman–Crippen LogP) is 0.558. The van der Waals surface area contributed by atoms with E-state index in [2.05, 4.69) is 10.3 Å². The monoisotopic (exact) mass is 221 g/mol. The van der Waals surface area contributed by atoms with Gasteiger partial charge in [0.2, 0.25) is 0 Å². The number of aromatic nitrogens is 1. The van der Waals surface area contributed by atoms with Crippen LogP contribution in [0.4, 0.5) is 0 Å². The Morgan fingerprint density at radius 3 is 3.12 bits per heavy atom. The lowest BCUT2D eigenvalue weighted by atomic mass is 10.2. The molecule has 0 aliphatic heterocycles. The number of benzene rings is 1. The fraction of sp³-hybridized carbons (Fsp3) is 0.364. The van der Waals surface area contributed by atoms with Crippen LogP contribution in [0.15, 0.2) is 27.4 Å². The summed E-state index contributed by atoms with van der Waals surface area (Å²) in [5, 5.41) is 3.22. The molecule has 0 aliphatic carbocycles. The first-order valence-electron chi connectivity index (χ1n) is 5.23. The van der Waals surface area contributed by atoms with Crippen LogP contribution in [0.5, 0.6) is 0 Å². The summed E-state index contributed by atoms with van der Waals surface area (Å²) < 4.78 is 4.91. The molecule has 16 heavy (non-hydrogen) atoms. The molecule has 1 aromatic carbocycles. The Balaban J connectivity index is 2.10. The predicted molar refractivity (Wildman–Crippen MR) is 62.2 cm³/mol. The van der Waals surface area contributed by atoms with Crippen LogP contribution in [0, 0.1) is 0 Å². The van der Waals surface area contributed by atoms with E-state index in [0.29, 0.717) is 5.58 Å². The van der Waals surface area contributed by atoms with Crippen LogP contribution in [0.1, 0.15) is 12.5 Å². The van der Waals surface area contributed by atoms with E-state index in [1.54, 1.807) is 6.07 Å². The summed E-state index contributed by atoms with van der Waals surface area (Å²) in [6.45, 7) is 3.44. The van der Waals surface area contributed by atoms with Crippen LogP contribution < -0.4 is 16.8 Å². The smallest absolute Gasteiger partial charge is 0.408 e. The third kappa shape index (κ3) is 2.50. The molecule has 0 bridgehead atoms. The molecule has 1 atom stereocenters. The van der Waals surface area contributed by atoms with Crippen LogP contribution in [0.2, 0.25) is 0 Å². The van der Waals surface area contributed by atoms with E-state index in [-0.39, 0.29) is 6.04 Å². The molecule has 5 nitrogen and oxygen atoms in total. The highest BCUT2D eigenvalue weighted by molar-refractivity contribution is 5.72. The van der Waals surface area contributed by atoms with Crippen LogP contribution in [-0.4, -0.2) is 17.6 Å². The number of rotatable bonds is 4. The molecule has 1 unspecified atom stereocenters. The minimum Gasteiger partial charge on any atom is -0.408 e. The molecule has 0 aliphatic rings. The number of nitrogens with two attached hydrogens (primary N) is 1. The Morgan fingerprint density at radius 1 is 1.56 bits per heavy atom. The van der Waals surface area contributed by atoms with Gasteiger partial charge in [-0.2, -0.15) is 0 Å². The second kappa shape index (κ2) is 4.51. The van der Waals surface area contributed by atoms with Crippen molar-refractivity contribution in [1.82, 2.24) is 10.3 Å². The first kappa shape index (κ1) is 10.9. The van der Waals surface area contributed by atoms with E-state index < -0.39 is 5.76 Å². The Bertz CT molecular complexity index is 527. The average Bonchev–Trinajstić information content (AvgIpc) is 2.56. The molecule has 0 saturated carbocycles. The minimum atomic E-state index is -0.421. The highest BCUT2D eigenvalue weighted by Gasteiger charge is 2.02. The SMILES string of the molecule is CC(N)CNCc1ccc2oc(=O)[nH]c2c1. The van der Waals surface area contributed by atoms with Gasteiger partial charge < -0.3 is 15.5 Å². The third-order valence-corrected chi connectivity index (χ3v) is 2.28. The molecule has 0 saturated heterocycles. The van der Waals surface area contributed by atoms with E-state index in [1.807, 2.05) is 19.1 Å². The molecule has 0 fully saturated rings. The maximum absolute atomic E-state index is 10.9. The van der Waals surface area contributed by atoms with Gasteiger partial charge in [0, 0.05) is 19.1 Å². The molecule has 4 N–H and O–H groups in total. The zero-order valence-corrected chi connectivity index (χ0v) is 9.12. The van der Waals surface area contributed by atoms with Crippen molar-refractivity contribution in [3.63, 3.8) is 0 Å². The fourth-order valence-corrected chi connectivity index (χ4v) is 1.55. The number of hydrogen-bond donors (Lipinski definition) is 3. The summed E-state index contributed by atoms with van der Waals surface area (Å²) in [5.41, 5.74) is 8.02. The van der Waals surface area contributed by atoms with E-state index in [9.17, 15) is 4.79 Å². The highest BCUT2D eigenvalue weighted by atomic mass is 16.4. The summed E-state index contributed by atoms with van der Waals surface area (Å²) in [5.74, 6) is -0.421. The lowest BCUT2D eigenvalue weighted by Gasteiger charge is -2.07. The topological polar surface area (TPSA) is 84.0 Å². The molecule has 1 heterocycles. The number of aromatic amines is 1. The normalized spacial score (nSPS) is 13.1. The van der Waals surface area contributed by atoms with Gasteiger partial charge in [0.15, 0.2) is 5.58 Å². The van der Waals surface area contributed by atoms with Gasteiger partial charge in [-0.25, -0.2) is 4.79 Å². The maximum Gasteiger partial charge on any atom is 0.417 e. The van der Waals surface area contributed by atoms with Gasteiger partial charge in [-0.15, -0.1) is 0 Å². The molecule has 2 aromatic rings. The summed E-state index contributed by atoms with van der Waals surface area (Å²) in [7, 11) is 0. The van der Waals surface area contributed by atoms with Crippen molar-refractivity contribution in [3.05, 3.63) is 34.3 Å². The average molecular weight is 221 g/mol. The van der Waals surface area contributed by atoms with Crippen LogP contribution in [0.3, 0.4) is 0 Å². The fourth-order valence-electron chi connectivity index (χ4n) is 1.55. The van der Waals surface area contributed by atoms with Crippen LogP contribution in [0.25, 0.3) is 11.1 Å². The van der Waals surface area contributed by atoms with Gasteiger partial charge >= 0.3 is 5.76 Å². The Kier molecular flexibility index (Phi) is 3.07. The van der Waals surface area contributed by atoms with Crippen molar-refractivity contribution in [1.29, 1.82) is 0 Å². The number of H-pyrrole nitrogens is 1. The lowest BCUT2D eigenvalue weighted by Crippen LogP contribution is -2.30. The van der Waals surface area contributed by atoms with Crippen LogP contribution in [-0.2, 0) is 6.54 Å². The summed E-state index contributed by atoms with van der Waals surface area (Å²) in [6, 6.07) is 5.75. The second-order valence-corrected chi connectivity index (χ2v) is 3.95. The largest absolute Gasteiger partial charge is 0.417 e. The van der Waals surface area contributed by atoms with Crippen LogP contribution >= 0.6 is 0 Å². The van der Waals surface area contributed by atoms with E-state index in [4.69, 9.17) is 10.2 Å². The van der Waals surface area contributed by atoms with Gasteiger partial charge in [0.25, 0.3) is 0 Å². The Labute approximate surface area is 92.6 Å². The number of hydrogen-bond acceptors (Lipinski definition) is 4. The molecule has 2 rings (SSSR count). The molecule has 0 spiro atoms. The number of fused-ring (bicyclic) bond motifs is 1. The summed E-state index contributed by atoms with van der Waals surface area (Å²) in [6.07, 6.45) is 0. The lowest BCUT2D eigenvalue weighted by molar-refractivity contribution is 0.555. The van der Waals surface area contributed by atoms with E-state index in [0.717, 1.165) is 24.2 Å². The molecular weight excluding hydrogens is 206 g/mol. The Morgan fingerprint density at radius 2 is 2.38 bits per heavy atom. The second-order valence-electron chi connectivity index (χ2n) is 3.95. The third-order valence-electron chi connectivity index (χ3n) is 2.28. The number of oxazole rings is 1. The zero-order chi connectivity index (χ0) is 11.5. The molecule has 86 valence electrons. The first-order chi connectivity index (χ1) is 7.65. The van der Waals surface area contributed by atoms with Crippen molar-refractivity contribution >= 4 is 11.1 Å². The maximum atomic E-state index is 10.9. The first-order valence-corrected chi connectivity index (χ1v) is 5.23. The van der Waals surface area contributed by atoms with Crippen molar-refractivity contribution in [2.24, 2.45) is 5.73 Å². The molecule has 0 amide bonds. The van der Waals surface area contributed by atoms with Gasteiger partial charge in [-0.1, -0.05) is 6.07 Å². The molecular formula is C11H15N3O2. The van der Waals surface area contributed by atoms with E-state index >= 15 is 0 Å². The minimum absolute atomic E-state index is 0.137. The van der Waals surface area contributed by atoms with Gasteiger partial charge in [-0.05, 0) is 24.6 Å². The van der Waals surface area contributed by atoms with Crippen molar-refractivity contribution in [3.8, 4) is 0 Å². The highest BCUT2D eigenvalue weighted by Crippen LogP contribution is 2.11. The molecule has 5 heteroatoms. The number of nitrogens with one attached hydrogen (secondary N) is 2. The standard InChI is InChI=1S/C11H15N3O2/c1-7(12)5-13-6-8-2-3-10-9(4-8)14-11(15)16-10/h2-4,7,13H,5-6,12H2,1H3,(H,14,15). The molecule has 1 aromatic heterocycles. The van der Waals surface area contributed by atoms with Gasteiger partial charge in [-0.3, -0.25) is 4.98 Å². The van der Waals surface area contributed by atoms with Crippen molar-refractivity contribution in [2.75, 3.05) is 6.54 Å². The van der Waals surface area contributed by atoms with Crippen molar-refractivity contribution < 1.29 is 4.42 Å². The van der Waals surface area contributed by atoms with Gasteiger partial charge in [0.05, 0.1) is 5.52 Å². The van der Waals surface area contributed by atoms with Crippen molar-refractivity contribution in [2.45, 2.75) is 19.5 Å². The Hall–Kier alpha value is -1.59. The van der Waals surface area contributed by atoms with E-state index in [1.165, 1.54) is 0 Å². The summed E-state index contributed by atoms with van der Waals surface area (Å²) in [4.78, 5) is 13.6.